The Bertz CT molecular complexity index is 738. The molecule has 6 heteroatoms. The largest absolute Gasteiger partial charge is 0.416 e. The summed E-state index contributed by atoms with van der Waals surface area (Å²) in [5, 5.41) is 0. The van der Waals surface area contributed by atoms with Gasteiger partial charge in [0.15, 0.2) is 0 Å². The number of aryl methyl sites for hydroxylation is 1. The van der Waals surface area contributed by atoms with E-state index in [2.05, 4.69) is 0 Å². The highest BCUT2D eigenvalue weighted by Gasteiger charge is 2.35. The van der Waals surface area contributed by atoms with Gasteiger partial charge in [-0.3, -0.25) is 4.79 Å². The lowest BCUT2D eigenvalue weighted by atomic mass is 10.0. The molecule has 24 heavy (non-hydrogen) atoms. The van der Waals surface area contributed by atoms with Gasteiger partial charge in [-0.15, -0.1) is 11.3 Å². The number of likely N-dealkylation sites (tertiary alicyclic amines) is 1. The molecule has 1 aliphatic rings. The van der Waals surface area contributed by atoms with E-state index >= 15 is 0 Å². The molecule has 0 radical (unpaired) electrons. The first-order chi connectivity index (χ1) is 11.4. The molecular weight excluding hydrogens is 335 g/mol. The van der Waals surface area contributed by atoms with E-state index in [0.29, 0.717) is 6.54 Å². The molecule has 1 amide bonds. The second-order valence-electron chi connectivity index (χ2n) is 6.03. The van der Waals surface area contributed by atoms with Crippen LogP contribution in [0, 0.1) is 6.92 Å². The summed E-state index contributed by atoms with van der Waals surface area (Å²) >= 11 is 1.65. The maximum absolute atomic E-state index is 13.1. The zero-order chi connectivity index (χ0) is 17.3. The second kappa shape index (κ2) is 6.59. The summed E-state index contributed by atoms with van der Waals surface area (Å²) in [4.78, 5) is 16.7. The highest BCUT2D eigenvalue weighted by atomic mass is 32.1. The monoisotopic (exact) mass is 353 g/mol. The summed E-state index contributed by atoms with van der Waals surface area (Å²) in [6.45, 7) is 2.61. The molecule has 2 nitrogen and oxygen atoms in total. The van der Waals surface area contributed by atoms with Gasteiger partial charge in [0.25, 0.3) is 0 Å². The Kier molecular flexibility index (Phi) is 4.67. The molecule has 0 bridgehead atoms. The molecule has 3 rings (SSSR count). The molecule has 1 aliphatic heterocycles. The number of amides is 1. The summed E-state index contributed by atoms with van der Waals surface area (Å²) < 4.78 is 39.3. The fourth-order valence-corrected chi connectivity index (χ4v) is 4.23. The Morgan fingerprint density at radius 3 is 2.67 bits per heavy atom. The van der Waals surface area contributed by atoms with Gasteiger partial charge >= 0.3 is 6.18 Å². The van der Waals surface area contributed by atoms with Crippen LogP contribution < -0.4 is 0 Å². The van der Waals surface area contributed by atoms with Crippen LogP contribution in [0.4, 0.5) is 13.2 Å². The van der Waals surface area contributed by atoms with Crippen LogP contribution in [-0.2, 0) is 17.4 Å². The number of hydrogen-bond acceptors (Lipinski definition) is 2. The number of hydrogen-bond donors (Lipinski definition) is 0. The minimum Gasteiger partial charge on any atom is -0.335 e. The van der Waals surface area contributed by atoms with Gasteiger partial charge in [0.2, 0.25) is 5.91 Å². The predicted molar refractivity (Wildman–Crippen MR) is 87.9 cm³/mol. The molecular formula is C18H18F3NOS. The number of nitrogens with zero attached hydrogens (tertiary/aromatic N) is 1. The average molecular weight is 353 g/mol. The third-order valence-corrected chi connectivity index (χ3v) is 5.43. The van der Waals surface area contributed by atoms with Gasteiger partial charge in [-0.2, -0.15) is 13.2 Å². The number of rotatable bonds is 3. The first-order valence-electron chi connectivity index (χ1n) is 7.87. The molecule has 128 valence electrons. The normalized spacial score (nSPS) is 18.2. The first-order valence-corrected chi connectivity index (χ1v) is 8.69. The van der Waals surface area contributed by atoms with Crippen LogP contribution in [0.15, 0.2) is 36.4 Å². The Hall–Kier alpha value is -1.82. The molecule has 1 fully saturated rings. The molecule has 1 aromatic carbocycles. The molecule has 0 spiro atoms. The topological polar surface area (TPSA) is 20.3 Å². The lowest BCUT2D eigenvalue weighted by molar-refractivity contribution is -0.138. The lowest BCUT2D eigenvalue weighted by Crippen LogP contribution is -2.32. The summed E-state index contributed by atoms with van der Waals surface area (Å²) in [6.07, 6.45) is -2.90. The van der Waals surface area contributed by atoms with Crippen molar-refractivity contribution in [3.8, 4) is 0 Å². The Morgan fingerprint density at radius 1 is 1.25 bits per heavy atom. The number of halogens is 3. The van der Waals surface area contributed by atoms with Crippen LogP contribution in [0.25, 0.3) is 0 Å². The van der Waals surface area contributed by atoms with Crippen LogP contribution in [0.3, 0.4) is 0 Å². The van der Waals surface area contributed by atoms with E-state index in [4.69, 9.17) is 0 Å². The van der Waals surface area contributed by atoms with Crippen LogP contribution in [0.5, 0.6) is 0 Å². The summed E-state index contributed by atoms with van der Waals surface area (Å²) in [6, 6.07) is 9.34. The van der Waals surface area contributed by atoms with Gasteiger partial charge in [0, 0.05) is 16.3 Å². The number of alkyl halides is 3. The molecule has 0 saturated carbocycles. The molecule has 1 aromatic heterocycles. The Morgan fingerprint density at radius 2 is 2.00 bits per heavy atom. The van der Waals surface area contributed by atoms with Gasteiger partial charge in [-0.05, 0) is 43.5 Å². The van der Waals surface area contributed by atoms with Crippen LogP contribution >= 0.6 is 11.3 Å². The Balaban J connectivity index is 1.80. The van der Waals surface area contributed by atoms with Crippen molar-refractivity contribution in [2.24, 2.45) is 0 Å². The number of thiophene rings is 1. The third-order valence-electron chi connectivity index (χ3n) is 4.33. The molecule has 2 aromatic rings. The number of benzene rings is 1. The Labute approximate surface area is 142 Å². The maximum atomic E-state index is 13.1. The van der Waals surface area contributed by atoms with Crippen LogP contribution in [0.2, 0.25) is 0 Å². The van der Waals surface area contributed by atoms with Crippen molar-refractivity contribution in [2.75, 3.05) is 6.54 Å². The van der Waals surface area contributed by atoms with Gasteiger partial charge < -0.3 is 4.90 Å². The fraction of sp³-hybridized carbons (Fsp3) is 0.389. The molecule has 1 unspecified atom stereocenters. The van der Waals surface area contributed by atoms with Crippen LogP contribution in [0.1, 0.15) is 39.8 Å². The van der Waals surface area contributed by atoms with E-state index < -0.39 is 11.7 Å². The third kappa shape index (κ3) is 3.48. The minimum absolute atomic E-state index is 0.00533. The quantitative estimate of drug-likeness (QED) is 0.762. The van der Waals surface area contributed by atoms with Crippen LogP contribution in [-0.4, -0.2) is 17.4 Å². The smallest absolute Gasteiger partial charge is 0.335 e. The van der Waals surface area contributed by atoms with Gasteiger partial charge in [0.1, 0.15) is 0 Å². The van der Waals surface area contributed by atoms with Crippen molar-refractivity contribution < 1.29 is 18.0 Å². The standard InChI is InChI=1S/C18H18F3NOS/c1-12-8-9-16(24-12)15-7-4-10-22(15)17(23)11-13-5-2-3-6-14(13)18(19,20)21/h2-3,5-6,8-9,15H,4,7,10-11H2,1H3. The van der Waals surface area contributed by atoms with Crippen molar-refractivity contribution in [2.45, 2.75) is 38.4 Å². The summed E-state index contributed by atoms with van der Waals surface area (Å²) in [5.74, 6) is -0.236. The van der Waals surface area contributed by atoms with Gasteiger partial charge in [0.05, 0.1) is 18.0 Å². The summed E-state index contributed by atoms with van der Waals surface area (Å²) in [7, 11) is 0. The van der Waals surface area contributed by atoms with E-state index in [-0.39, 0.29) is 23.9 Å². The van der Waals surface area contributed by atoms with E-state index in [1.165, 1.54) is 17.0 Å². The van der Waals surface area contributed by atoms with Crippen molar-refractivity contribution in [3.63, 3.8) is 0 Å². The average Bonchev–Trinajstić information content (AvgIpc) is 3.15. The predicted octanol–water partition coefficient (Wildman–Crippen LogP) is 4.98. The van der Waals surface area contributed by atoms with Crippen molar-refractivity contribution in [1.29, 1.82) is 0 Å². The molecule has 0 aliphatic carbocycles. The fourth-order valence-electron chi connectivity index (χ4n) is 3.21. The van der Waals surface area contributed by atoms with E-state index in [9.17, 15) is 18.0 Å². The maximum Gasteiger partial charge on any atom is 0.416 e. The minimum atomic E-state index is -4.44. The van der Waals surface area contributed by atoms with Crippen molar-refractivity contribution in [3.05, 3.63) is 57.3 Å². The number of carbonyl (C=O) groups excluding carboxylic acids is 1. The van der Waals surface area contributed by atoms with Crippen molar-refractivity contribution in [1.82, 2.24) is 4.90 Å². The summed E-state index contributed by atoms with van der Waals surface area (Å²) in [5.41, 5.74) is -0.677. The number of carbonyl (C=O) groups is 1. The van der Waals surface area contributed by atoms with Gasteiger partial charge in [-0.25, -0.2) is 0 Å². The zero-order valence-electron chi connectivity index (χ0n) is 13.3. The lowest BCUT2D eigenvalue weighted by Gasteiger charge is -2.24. The first kappa shape index (κ1) is 17.0. The molecule has 2 heterocycles. The SMILES string of the molecule is Cc1ccc(C2CCCN2C(=O)Cc2ccccc2C(F)(F)F)s1. The molecule has 1 saturated heterocycles. The van der Waals surface area contributed by atoms with E-state index in [1.807, 2.05) is 19.1 Å². The highest BCUT2D eigenvalue weighted by molar-refractivity contribution is 7.12. The van der Waals surface area contributed by atoms with Gasteiger partial charge in [-0.1, -0.05) is 18.2 Å². The van der Waals surface area contributed by atoms with E-state index in [0.717, 1.165) is 23.8 Å². The highest BCUT2D eigenvalue weighted by Crippen LogP contribution is 2.37. The van der Waals surface area contributed by atoms with Crippen molar-refractivity contribution >= 4 is 17.2 Å². The van der Waals surface area contributed by atoms with E-state index in [1.54, 1.807) is 22.3 Å². The second-order valence-corrected chi connectivity index (χ2v) is 7.34. The molecule has 1 atom stereocenters. The molecule has 0 N–H and O–H groups in total. The zero-order valence-corrected chi connectivity index (χ0v) is 14.1.